The predicted octanol–water partition coefficient (Wildman–Crippen LogP) is 5.04. The van der Waals surface area contributed by atoms with Crippen molar-refractivity contribution in [3.63, 3.8) is 0 Å². The molecule has 21 heavy (non-hydrogen) atoms. The molecule has 0 fully saturated rings. The van der Waals surface area contributed by atoms with Gasteiger partial charge in [-0.25, -0.2) is 0 Å². The second-order valence-corrected chi connectivity index (χ2v) is 5.20. The maximum absolute atomic E-state index is 6.08. The van der Waals surface area contributed by atoms with Crippen molar-refractivity contribution in [3.05, 3.63) is 72.3 Å². The van der Waals surface area contributed by atoms with Crippen LogP contribution in [0.3, 0.4) is 0 Å². The largest absolute Gasteiger partial charge is 0.457 e. The summed E-state index contributed by atoms with van der Waals surface area (Å²) >= 11 is 0. The molecule has 0 saturated carbocycles. The van der Waals surface area contributed by atoms with Crippen molar-refractivity contribution in [2.24, 2.45) is 5.73 Å². The number of rotatable bonds is 4. The molecule has 3 aromatic rings. The third-order valence-corrected chi connectivity index (χ3v) is 3.68. The highest BCUT2D eigenvalue weighted by Crippen LogP contribution is 2.27. The van der Waals surface area contributed by atoms with E-state index >= 15 is 0 Å². The molecule has 1 unspecified atom stereocenters. The van der Waals surface area contributed by atoms with E-state index in [-0.39, 0.29) is 6.04 Å². The lowest BCUT2D eigenvalue weighted by Crippen LogP contribution is -2.08. The molecule has 0 saturated heterocycles. The number of nitrogens with two attached hydrogens (primary N) is 1. The SMILES string of the molecule is CCC(N)c1cccc(Oc2ccc3ccccc3c2)c1. The van der Waals surface area contributed by atoms with Gasteiger partial charge in [0.25, 0.3) is 0 Å². The van der Waals surface area contributed by atoms with E-state index in [0.717, 1.165) is 23.5 Å². The van der Waals surface area contributed by atoms with Crippen molar-refractivity contribution in [1.29, 1.82) is 0 Å². The normalized spacial score (nSPS) is 12.3. The highest BCUT2D eigenvalue weighted by Gasteiger charge is 2.05. The van der Waals surface area contributed by atoms with Crippen LogP contribution in [0.1, 0.15) is 24.9 Å². The third kappa shape index (κ3) is 3.06. The van der Waals surface area contributed by atoms with Crippen molar-refractivity contribution in [2.45, 2.75) is 19.4 Å². The van der Waals surface area contributed by atoms with Gasteiger partial charge in [0.1, 0.15) is 11.5 Å². The minimum absolute atomic E-state index is 0.0603. The van der Waals surface area contributed by atoms with E-state index in [1.807, 2.05) is 42.5 Å². The molecular weight excluding hydrogens is 258 g/mol. The first-order chi connectivity index (χ1) is 10.3. The molecule has 2 N–H and O–H groups in total. The van der Waals surface area contributed by atoms with Crippen LogP contribution in [0.25, 0.3) is 10.8 Å². The molecule has 106 valence electrons. The van der Waals surface area contributed by atoms with Crippen LogP contribution in [0.5, 0.6) is 11.5 Å². The molecule has 0 spiro atoms. The second kappa shape index (κ2) is 5.98. The standard InChI is InChI=1S/C19H19NO/c1-2-19(20)16-8-5-9-17(13-16)21-18-11-10-14-6-3-4-7-15(14)12-18/h3-13,19H,2,20H2,1H3. The first-order valence-electron chi connectivity index (χ1n) is 7.28. The Labute approximate surface area is 125 Å². The Morgan fingerprint density at radius 1 is 0.857 bits per heavy atom. The third-order valence-electron chi connectivity index (χ3n) is 3.68. The first-order valence-corrected chi connectivity index (χ1v) is 7.28. The maximum Gasteiger partial charge on any atom is 0.128 e. The average molecular weight is 277 g/mol. The summed E-state index contributed by atoms with van der Waals surface area (Å²) in [5.41, 5.74) is 7.18. The first kappa shape index (κ1) is 13.7. The molecule has 3 rings (SSSR count). The second-order valence-electron chi connectivity index (χ2n) is 5.20. The Bertz CT molecular complexity index is 751. The average Bonchev–Trinajstić information content (AvgIpc) is 2.54. The zero-order chi connectivity index (χ0) is 14.7. The van der Waals surface area contributed by atoms with Crippen LogP contribution in [-0.4, -0.2) is 0 Å². The number of hydrogen-bond donors (Lipinski definition) is 1. The van der Waals surface area contributed by atoms with E-state index in [0.29, 0.717) is 0 Å². The van der Waals surface area contributed by atoms with Crippen LogP contribution in [0.4, 0.5) is 0 Å². The smallest absolute Gasteiger partial charge is 0.128 e. The molecule has 0 radical (unpaired) electrons. The fourth-order valence-electron chi connectivity index (χ4n) is 2.41. The quantitative estimate of drug-likeness (QED) is 0.725. The van der Waals surface area contributed by atoms with E-state index in [1.54, 1.807) is 0 Å². The predicted molar refractivity (Wildman–Crippen MR) is 87.7 cm³/mol. The fourth-order valence-corrected chi connectivity index (χ4v) is 2.41. The summed E-state index contributed by atoms with van der Waals surface area (Å²) in [6.45, 7) is 2.08. The van der Waals surface area contributed by atoms with Gasteiger partial charge in [-0.15, -0.1) is 0 Å². The number of benzene rings is 3. The summed E-state index contributed by atoms with van der Waals surface area (Å²) in [6.07, 6.45) is 0.916. The topological polar surface area (TPSA) is 35.2 Å². The molecule has 0 aliphatic carbocycles. The molecule has 0 amide bonds. The Morgan fingerprint density at radius 2 is 1.62 bits per heavy atom. The Hall–Kier alpha value is -2.32. The van der Waals surface area contributed by atoms with E-state index in [1.165, 1.54) is 10.8 Å². The van der Waals surface area contributed by atoms with Gasteiger partial charge in [0.15, 0.2) is 0 Å². The number of ether oxygens (including phenoxy) is 1. The molecule has 2 nitrogen and oxygen atoms in total. The minimum Gasteiger partial charge on any atom is -0.457 e. The zero-order valence-electron chi connectivity index (χ0n) is 12.1. The summed E-state index contributed by atoms with van der Waals surface area (Å²) in [6, 6.07) is 22.5. The monoisotopic (exact) mass is 277 g/mol. The fraction of sp³-hybridized carbons (Fsp3) is 0.158. The lowest BCUT2D eigenvalue weighted by atomic mass is 10.1. The van der Waals surface area contributed by atoms with Gasteiger partial charge in [-0.2, -0.15) is 0 Å². The lowest BCUT2D eigenvalue weighted by molar-refractivity contribution is 0.481. The summed E-state index contributed by atoms with van der Waals surface area (Å²) < 4.78 is 5.97. The number of hydrogen-bond acceptors (Lipinski definition) is 2. The van der Waals surface area contributed by atoms with Crippen LogP contribution in [0.2, 0.25) is 0 Å². The lowest BCUT2D eigenvalue weighted by Gasteiger charge is -2.12. The van der Waals surface area contributed by atoms with Gasteiger partial charge in [0.05, 0.1) is 0 Å². The zero-order valence-corrected chi connectivity index (χ0v) is 12.1. The van der Waals surface area contributed by atoms with Crippen LogP contribution < -0.4 is 10.5 Å². The molecule has 3 aromatic carbocycles. The molecule has 0 bridgehead atoms. The van der Waals surface area contributed by atoms with E-state index < -0.39 is 0 Å². The van der Waals surface area contributed by atoms with E-state index in [4.69, 9.17) is 10.5 Å². The van der Waals surface area contributed by atoms with Gasteiger partial charge >= 0.3 is 0 Å². The van der Waals surface area contributed by atoms with Gasteiger partial charge in [0, 0.05) is 6.04 Å². The van der Waals surface area contributed by atoms with Crippen molar-refractivity contribution in [3.8, 4) is 11.5 Å². The molecule has 0 aliphatic heterocycles. The van der Waals surface area contributed by atoms with Gasteiger partial charge in [-0.05, 0) is 47.0 Å². The summed E-state index contributed by atoms with van der Waals surface area (Å²) in [5.74, 6) is 1.67. The van der Waals surface area contributed by atoms with Gasteiger partial charge < -0.3 is 10.5 Å². The van der Waals surface area contributed by atoms with Crippen LogP contribution in [0, 0.1) is 0 Å². The highest BCUT2D eigenvalue weighted by atomic mass is 16.5. The van der Waals surface area contributed by atoms with Crippen molar-refractivity contribution in [1.82, 2.24) is 0 Å². The summed E-state index contributed by atoms with van der Waals surface area (Å²) in [4.78, 5) is 0. The van der Waals surface area contributed by atoms with E-state index in [9.17, 15) is 0 Å². The minimum atomic E-state index is 0.0603. The summed E-state index contributed by atoms with van der Waals surface area (Å²) in [7, 11) is 0. The van der Waals surface area contributed by atoms with Crippen molar-refractivity contribution >= 4 is 10.8 Å². The molecule has 2 heteroatoms. The molecular formula is C19H19NO. The van der Waals surface area contributed by atoms with Crippen molar-refractivity contribution < 1.29 is 4.74 Å². The van der Waals surface area contributed by atoms with Gasteiger partial charge in [0.2, 0.25) is 0 Å². The Morgan fingerprint density at radius 3 is 2.43 bits per heavy atom. The molecule has 0 aromatic heterocycles. The van der Waals surface area contributed by atoms with Crippen molar-refractivity contribution in [2.75, 3.05) is 0 Å². The maximum atomic E-state index is 6.08. The molecule has 0 heterocycles. The molecule has 1 atom stereocenters. The Kier molecular flexibility index (Phi) is 3.89. The van der Waals surface area contributed by atoms with Gasteiger partial charge in [-0.3, -0.25) is 0 Å². The van der Waals surface area contributed by atoms with Crippen LogP contribution >= 0.6 is 0 Å². The van der Waals surface area contributed by atoms with Crippen LogP contribution in [-0.2, 0) is 0 Å². The number of fused-ring (bicyclic) bond motifs is 1. The Balaban J connectivity index is 1.87. The van der Waals surface area contributed by atoms with E-state index in [2.05, 4.69) is 31.2 Å². The van der Waals surface area contributed by atoms with Gasteiger partial charge in [-0.1, -0.05) is 49.4 Å². The summed E-state index contributed by atoms with van der Waals surface area (Å²) in [5, 5.41) is 2.39. The molecule has 0 aliphatic rings. The van der Waals surface area contributed by atoms with Crippen LogP contribution in [0.15, 0.2) is 66.7 Å². The highest BCUT2D eigenvalue weighted by molar-refractivity contribution is 5.83.